The van der Waals surface area contributed by atoms with Crippen LogP contribution < -0.4 is 0 Å². The van der Waals surface area contributed by atoms with Crippen molar-refractivity contribution in [2.75, 3.05) is 7.11 Å². The number of hydrogen-bond donors (Lipinski definition) is 0. The number of methoxy groups -OCH3 is 1. The number of carbonyl (C=O) groups excluding carboxylic acids is 1. The summed E-state index contributed by atoms with van der Waals surface area (Å²) in [5, 5.41) is 0. The minimum atomic E-state index is -0.354. The minimum absolute atomic E-state index is 0.354. The van der Waals surface area contributed by atoms with Gasteiger partial charge < -0.3 is 9.30 Å². The van der Waals surface area contributed by atoms with Gasteiger partial charge in [0.25, 0.3) is 0 Å². The summed E-state index contributed by atoms with van der Waals surface area (Å²) in [6.45, 7) is 1.83. The number of esters is 1. The van der Waals surface area contributed by atoms with Crippen molar-refractivity contribution in [1.82, 2.24) is 9.55 Å². The van der Waals surface area contributed by atoms with Crippen LogP contribution in [0.4, 0.5) is 0 Å². The zero-order valence-corrected chi connectivity index (χ0v) is 6.79. The van der Waals surface area contributed by atoms with E-state index in [-0.39, 0.29) is 5.97 Å². The standard InChI is InChI=1S/C7H10N2O2/c1-5-8-4-6(9(5)2)7(10)11-3/h4H,1-3H3. The zero-order valence-electron chi connectivity index (χ0n) is 6.79. The number of ether oxygens (including phenoxy) is 1. The molecule has 1 aromatic heterocycles. The van der Waals surface area contributed by atoms with Crippen LogP contribution in [0.15, 0.2) is 6.20 Å². The lowest BCUT2D eigenvalue weighted by molar-refractivity contribution is 0.0589. The van der Waals surface area contributed by atoms with Gasteiger partial charge in [-0.05, 0) is 6.92 Å². The van der Waals surface area contributed by atoms with Gasteiger partial charge in [-0.3, -0.25) is 0 Å². The number of hydrogen-bond acceptors (Lipinski definition) is 3. The molecular formula is C7H10N2O2. The minimum Gasteiger partial charge on any atom is -0.464 e. The third-order valence-electron chi connectivity index (χ3n) is 1.61. The highest BCUT2D eigenvalue weighted by atomic mass is 16.5. The highest BCUT2D eigenvalue weighted by molar-refractivity contribution is 5.87. The first-order valence-corrected chi connectivity index (χ1v) is 3.23. The molecule has 0 amide bonds. The van der Waals surface area contributed by atoms with Crippen molar-refractivity contribution in [2.24, 2.45) is 7.05 Å². The molecule has 4 nitrogen and oxygen atoms in total. The van der Waals surface area contributed by atoms with Crippen molar-refractivity contribution >= 4 is 5.97 Å². The summed E-state index contributed by atoms with van der Waals surface area (Å²) in [7, 11) is 3.12. The van der Waals surface area contributed by atoms with Crippen molar-refractivity contribution in [1.29, 1.82) is 0 Å². The number of rotatable bonds is 1. The lowest BCUT2D eigenvalue weighted by Gasteiger charge is -1.99. The molecule has 0 atom stereocenters. The average molecular weight is 154 g/mol. The number of nitrogens with zero attached hydrogens (tertiary/aromatic N) is 2. The molecular weight excluding hydrogens is 144 g/mol. The first-order valence-electron chi connectivity index (χ1n) is 3.23. The molecule has 0 aliphatic rings. The highest BCUT2D eigenvalue weighted by Gasteiger charge is 2.10. The lowest BCUT2D eigenvalue weighted by atomic mass is 10.5. The maximum Gasteiger partial charge on any atom is 0.356 e. The van der Waals surface area contributed by atoms with E-state index in [0.717, 1.165) is 5.82 Å². The molecule has 1 rings (SSSR count). The quantitative estimate of drug-likeness (QED) is 0.554. The Morgan fingerprint density at radius 3 is 2.73 bits per heavy atom. The van der Waals surface area contributed by atoms with Gasteiger partial charge in [0.2, 0.25) is 0 Å². The SMILES string of the molecule is COC(=O)c1cnc(C)n1C. The summed E-state index contributed by atoms with van der Waals surface area (Å²) >= 11 is 0. The van der Waals surface area contributed by atoms with Gasteiger partial charge in [0.15, 0.2) is 0 Å². The third-order valence-corrected chi connectivity index (χ3v) is 1.61. The van der Waals surface area contributed by atoms with Crippen LogP contribution in [0.1, 0.15) is 16.3 Å². The first kappa shape index (κ1) is 7.78. The van der Waals surface area contributed by atoms with Crippen LogP contribution in [-0.4, -0.2) is 22.6 Å². The van der Waals surface area contributed by atoms with Crippen molar-refractivity contribution in [3.63, 3.8) is 0 Å². The second kappa shape index (κ2) is 2.74. The van der Waals surface area contributed by atoms with Gasteiger partial charge in [-0.2, -0.15) is 0 Å². The van der Waals surface area contributed by atoms with Crippen LogP contribution in [-0.2, 0) is 11.8 Å². The molecule has 0 N–H and O–H groups in total. The molecule has 1 heterocycles. The van der Waals surface area contributed by atoms with Gasteiger partial charge in [-0.15, -0.1) is 0 Å². The van der Waals surface area contributed by atoms with E-state index in [1.54, 1.807) is 11.6 Å². The van der Waals surface area contributed by atoms with Gasteiger partial charge in [0.05, 0.1) is 13.3 Å². The van der Waals surface area contributed by atoms with E-state index in [0.29, 0.717) is 5.69 Å². The lowest BCUT2D eigenvalue weighted by Crippen LogP contribution is -2.07. The molecule has 0 bridgehead atoms. The summed E-state index contributed by atoms with van der Waals surface area (Å²) in [6, 6.07) is 0. The molecule has 60 valence electrons. The van der Waals surface area contributed by atoms with Crippen LogP contribution in [0, 0.1) is 6.92 Å². The number of carbonyl (C=O) groups is 1. The fourth-order valence-corrected chi connectivity index (χ4v) is 0.796. The maximum absolute atomic E-state index is 11.0. The monoisotopic (exact) mass is 154 g/mol. The molecule has 4 heteroatoms. The Labute approximate surface area is 64.8 Å². The molecule has 0 aliphatic heterocycles. The summed E-state index contributed by atoms with van der Waals surface area (Å²) in [4.78, 5) is 14.9. The van der Waals surface area contributed by atoms with Crippen LogP contribution in [0.2, 0.25) is 0 Å². The highest BCUT2D eigenvalue weighted by Crippen LogP contribution is 2.02. The largest absolute Gasteiger partial charge is 0.464 e. The number of imidazole rings is 1. The Balaban J connectivity index is 3.04. The van der Waals surface area contributed by atoms with Crippen molar-refractivity contribution < 1.29 is 9.53 Å². The second-order valence-electron chi connectivity index (χ2n) is 2.24. The van der Waals surface area contributed by atoms with Gasteiger partial charge >= 0.3 is 5.97 Å². The zero-order chi connectivity index (χ0) is 8.43. The fourth-order valence-electron chi connectivity index (χ4n) is 0.796. The van der Waals surface area contributed by atoms with E-state index >= 15 is 0 Å². The molecule has 0 unspecified atom stereocenters. The summed E-state index contributed by atoms with van der Waals surface area (Å²) < 4.78 is 6.22. The van der Waals surface area contributed by atoms with E-state index < -0.39 is 0 Å². The first-order chi connectivity index (χ1) is 5.16. The summed E-state index contributed by atoms with van der Waals surface area (Å²) in [6.07, 6.45) is 1.50. The fraction of sp³-hybridized carbons (Fsp3) is 0.429. The molecule has 0 fully saturated rings. The molecule has 0 aliphatic carbocycles. The van der Waals surface area contributed by atoms with E-state index in [1.807, 2.05) is 6.92 Å². The smallest absolute Gasteiger partial charge is 0.356 e. The van der Waals surface area contributed by atoms with Crippen LogP contribution in [0.25, 0.3) is 0 Å². The van der Waals surface area contributed by atoms with Crippen molar-refractivity contribution in [2.45, 2.75) is 6.92 Å². The molecule has 11 heavy (non-hydrogen) atoms. The van der Waals surface area contributed by atoms with Gasteiger partial charge in [0, 0.05) is 7.05 Å². The molecule has 0 saturated heterocycles. The predicted molar refractivity (Wildman–Crippen MR) is 39.3 cm³/mol. The Kier molecular flexibility index (Phi) is 1.94. The topological polar surface area (TPSA) is 44.1 Å². The van der Waals surface area contributed by atoms with Gasteiger partial charge in [-0.25, -0.2) is 9.78 Å². The van der Waals surface area contributed by atoms with Crippen LogP contribution in [0.3, 0.4) is 0 Å². The Bertz CT molecular complexity index is 278. The van der Waals surface area contributed by atoms with Gasteiger partial charge in [-0.1, -0.05) is 0 Å². The normalized spacial score (nSPS) is 9.73. The summed E-state index contributed by atoms with van der Waals surface area (Å²) in [5.74, 6) is 0.443. The van der Waals surface area contributed by atoms with Crippen molar-refractivity contribution in [3.05, 3.63) is 17.7 Å². The Morgan fingerprint density at radius 2 is 2.36 bits per heavy atom. The Morgan fingerprint density at radius 1 is 1.73 bits per heavy atom. The maximum atomic E-state index is 11.0. The number of aryl methyl sites for hydroxylation is 1. The molecule has 0 aromatic carbocycles. The molecule has 1 aromatic rings. The van der Waals surface area contributed by atoms with E-state index in [4.69, 9.17) is 0 Å². The Hall–Kier alpha value is -1.32. The summed E-state index contributed by atoms with van der Waals surface area (Å²) in [5.41, 5.74) is 0.477. The van der Waals surface area contributed by atoms with Crippen LogP contribution >= 0.6 is 0 Å². The number of aromatic nitrogens is 2. The third kappa shape index (κ3) is 1.24. The molecule has 0 saturated carbocycles. The van der Waals surface area contributed by atoms with Crippen LogP contribution in [0.5, 0.6) is 0 Å². The average Bonchev–Trinajstić information content (AvgIpc) is 2.32. The molecule has 0 radical (unpaired) electrons. The molecule has 0 spiro atoms. The van der Waals surface area contributed by atoms with Gasteiger partial charge in [0.1, 0.15) is 11.5 Å². The van der Waals surface area contributed by atoms with Crippen molar-refractivity contribution in [3.8, 4) is 0 Å². The van der Waals surface area contributed by atoms with E-state index in [2.05, 4.69) is 9.72 Å². The predicted octanol–water partition coefficient (Wildman–Crippen LogP) is 0.515. The second-order valence-corrected chi connectivity index (χ2v) is 2.24. The van der Waals surface area contributed by atoms with E-state index in [9.17, 15) is 4.79 Å². The van der Waals surface area contributed by atoms with E-state index in [1.165, 1.54) is 13.3 Å².